The van der Waals surface area contributed by atoms with Crippen molar-refractivity contribution in [3.63, 3.8) is 0 Å². The van der Waals surface area contributed by atoms with Crippen LogP contribution in [0.5, 0.6) is 11.5 Å². The summed E-state index contributed by atoms with van der Waals surface area (Å²) >= 11 is 0. The van der Waals surface area contributed by atoms with Crippen molar-refractivity contribution in [2.24, 2.45) is 16.8 Å². The van der Waals surface area contributed by atoms with E-state index in [9.17, 15) is 14.7 Å². The molecule has 0 radical (unpaired) electrons. The predicted octanol–water partition coefficient (Wildman–Crippen LogP) is 5.24. The van der Waals surface area contributed by atoms with E-state index in [1.165, 1.54) is 11.6 Å². The Morgan fingerprint density at radius 1 is 1.04 bits per heavy atom. The summed E-state index contributed by atoms with van der Waals surface area (Å²) in [6, 6.07) is 10.6. The molecule has 1 aromatic carbocycles. The van der Waals surface area contributed by atoms with Crippen molar-refractivity contribution in [1.82, 2.24) is 14.9 Å². The molecule has 1 spiro atoms. The lowest BCUT2D eigenvalue weighted by molar-refractivity contribution is -0.176. The van der Waals surface area contributed by atoms with E-state index in [2.05, 4.69) is 32.0 Å². The van der Waals surface area contributed by atoms with Crippen LogP contribution in [0.1, 0.15) is 55.2 Å². The van der Waals surface area contributed by atoms with Gasteiger partial charge in [0.15, 0.2) is 11.0 Å². The standard InChI is InChI=1S/C42H40N6O7/c1-20-10-29(49)36-30(52-20)16-31-37(38(36)50)35-22-5-6-25(13-22)42(40(51)53-39(35)41(2,3)54-31)32(55-42)7-4-21-11-27(47-33(43)12-21)24-14-26(46-34(44)15-24)18-48-17-23-8-9-45-28(23)19-48/h5-6,8-12,14-16,19,22,25,32,35,39,50H,4,7,13,17-18H2,1-3H3,(H2,43,47)(H2,44,46)/t22-,25+,32+,35+,39+,42+/m0/s1. The number of esters is 1. The highest BCUT2D eigenvalue weighted by atomic mass is 16.7. The highest BCUT2D eigenvalue weighted by Crippen LogP contribution is 2.60. The first kappa shape index (κ1) is 33.6. The number of rotatable bonds is 6. The van der Waals surface area contributed by atoms with Gasteiger partial charge < -0.3 is 40.1 Å². The maximum Gasteiger partial charge on any atom is 0.342 e. The molecule has 6 atom stereocenters. The number of aromatic nitrogens is 2. The number of ether oxygens (including phenoxy) is 3. The molecule has 5 aliphatic heterocycles. The maximum absolute atomic E-state index is 14.3. The molecule has 6 aliphatic rings. The molecule has 13 heteroatoms. The molecule has 0 saturated carbocycles. The first-order valence-electron chi connectivity index (χ1n) is 18.7. The quantitative estimate of drug-likeness (QED) is 0.133. The third-order valence-corrected chi connectivity index (χ3v) is 11.9. The lowest BCUT2D eigenvalue weighted by Gasteiger charge is -2.47. The van der Waals surface area contributed by atoms with Crippen molar-refractivity contribution in [3.05, 3.63) is 105 Å². The van der Waals surface area contributed by atoms with Gasteiger partial charge in [0.05, 0.1) is 29.7 Å². The predicted molar refractivity (Wildman–Crippen MR) is 204 cm³/mol. The number of carbonyl (C=O) groups is 1. The molecule has 3 aromatic heterocycles. The average Bonchev–Trinajstić information content (AvgIpc) is 3.41. The summed E-state index contributed by atoms with van der Waals surface area (Å²) in [6.45, 7) is 6.76. The second kappa shape index (κ2) is 11.8. The summed E-state index contributed by atoms with van der Waals surface area (Å²) in [7, 11) is 0. The largest absolute Gasteiger partial charge is 0.507 e. The van der Waals surface area contributed by atoms with Crippen molar-refractivity contribution in [2.75, 3.05) is 18.0 Å². The summed E-state index contributed by atoms with van der Waals surface area (Å²) < 4.78 is 25.0. The third-order valence-electron chi connectivity index (χ3n) is 11.9. The van der Waals surface area contributed by atoms with Crippen molar-refractivity contribution in [1.29, 1.82) is 0 Å². The number of epoxide rings is 1. The Morgan fingerprint density at radius 2 is 1.87 bits per heavy atom. The van der Waals surface area contributed by atoms with Gasteiger partial charge in [-0.15, -0.1) is 0 Å². The zero-order valence-electron chi connectivity index (χ0n) is 30.6. The molecule has 280 valence electrons. The number of nitrogen functional groups attached to an aromatic ring is 2. The van der Waals surface area contributed by atoms with Gasteiger partial charge in [-0.05, 0) is 81.9 Å². The van der Waals surface area contributed by atoms with E-state index in [1.807, 2.05) is 50.5 Å². The first-order chi connectivity index (χ1) is 26.4. The van der Waals surface area contributed by atoms with Crippen LogP contribution >= 0.6 is 0 Å². The minimum Gasteiger partial charge on any atom is -0.507 e. The van der Waals surface area contributed by atoms with Crippen molar-refractivity contribution < 1.29 is 28.5 Å². The zero-order valence-corrected chi connectivity index (χ0v) is 30.6. The van der Waals surface area contributed by atoms with Gasteiger partial charge in [0, 0.05) is 59.6 Å². The van der Waals surface area contributed by atoms with E-state index in [1.54, 1.807) is 19.1 Å². The number of aryl methyl sites for hydroxylation is 2. The van der Waals surface area contributed by atoms with Crippen LogP contribution in [0.4, 0.5) is 11.6 Å². The summed E-state index contributed by atoms with van der Waals surface area (Å²) in [4.78, 5) is 43.1. The van der Waals surface area contributed by atoms with Crippen molar-refractivity contribution in [3.8, 4) is 22.8 Å². The SMILES string of the molecule is Cc1cc(=O)c2c(O)c3c(cc2o1)OC(C)(C)[C@@H]1OC(=O)[C@@]2(O[C@@H]2CCc2cc(N)nc(-c4cc(N)nc(CN5C=C6N=CC=C6C5)c4)c2)[C@@H]2C=C[C@@H](C2)[C@H]31. The number of fused-ring (bicyclic) bond motifs is 9. The number of anilines is 2. The maximum atomic E-state index is 14.3. The number of hydrogen-bond acceptors (Lipinski definition) is 13. The highest BCUT2D eigenvalue weighted by Gasteiger charge is 2.70. The molecule has 0 amide bonds. The lowest BCUT2D eigenvalue weighted by atomic mass is 9.71. The molecule has 4 aromatic rings. The fourth-order valence-electron chi connectivity index (χ4n) is 9.47. The number of aromatic hydroxyl groups is 1. The van der Waals surface area contributed by atoms with E-state index in [-0.39, 0.29) is 40.1 Å². The van der Waals surface area contributed by atoms with Gasteiger partial charge in [0.2, 0.25) is 0 Å². The smallest absolute Gasteiger partial charge is 0.342 e. The normalized spacial score (nSPS) is 27.9. The Morgan fingerprint density at radius 3 is 2.71 bits per heavy atom. The van der Waals surface area contributed by atoms with Crippen LogP contribution in [-0.2, 0) is 27.2 Å². The molecule has 8 heterocycles. The second-order valence-electron chi connectivity index (χ2n) is 16.1. The zero-order chi connectivity index (χ0) is 38.0. The van der Waals surface area contributed by atoms with Crippen LogP contribution in [0.25, 0.3) is 22.2 Å². The van der Waals surface area contributed by atoms with E-state index < -0.39 is 29.2 Å². The number of aliphatic imine (C=N–C) groups is 1. The molecule has 13 nitrogen and oxygen atoms in total. The molecule has 10 rings (SSSR count). The van der Waals surface area contributed by atoms with Crippen LogP contribution in [0.3, 0.4) is 0 Å². The molecule has 2 bridgehead atoms. The minimum atomic E-state index is -1.14. The second-order valence-corrected chi connectivity index (χ2v) is 16.1. The fourth-order valence-corrected chi connectivity index (χ4v) is 9.47. The number of nitrogens with zero attached hydrogens (tertiary/aromatic N) is 4. The molecule has 55 heavy (non-hydrogen) atoms. The van der Waals surface area contributed by atoms with Crippen LogP contribution in [0.15, 0.2) is 86.3 Å². The van der Waals surface area contributed by atoms with E-state index in [4.69, 9.17) is 30.1 Å². The van der Waals surface area contributed by atoms with E-state index >= 15 is 0 Å². The molecular weight excluding hydrogens is 700 g/mol. The molecule has 2 saturated heterocycles. The lowest BCUT2D eigenvalue weighted by Crippen LogP contribution is -2.55. The molecule has 2 fully saturated rings. The average molecular weight is 741 g/mol. The number of allylic oxidation sites excluding steroid dienone is 2. The van der Waals surface area contributed by atoms with Gasteiger partial charge in [-0.3, -0.25) is 9.79 Å². The fraction of sp³-hybridized carbons (Fsp3) is 0.357. The number of benzene rings is 1. The van der Waals surface area contributed by atoms with Gasteiger partial charge in [-0.25, -0.2) is 14.8 Å². The van der Waals surface area contributed by atoms with Crippen LogP contribution in [-0.4, -0.2) is 62.1 Å². The van der Waals surface area contributed by atoms with Gasteiger partial charge in [-0.1, -0.05) is 12.2 Å². The summed E-state index contributed by atoms with van der Waals surface area (Å²) in [6.07, 6.45) is 10.6. The summed E-state index contributed by atoms with van der Waals surface area (Å²) in [5.74, 6) is 0.162. The molecule has 0 unspecified atom stereocenters. The number of phenols is 1. The number of carbonyl (C=O) groups excluding carboxylic acids is 1. The Kier molecular flexibility index (Phi) is 7.19. The minimum absolute atomic E-state index is 0.0867. The summed E-state index contributed by atoms with van der Waals surface area (Å²) in [5.41, 5.74) is 16.3. The number of nitrogens with two attached hydrogens (primary N) is 2. The third kappa shape index (κ3) is 5.35. The van der Waals surface area contributed by atoms with Crippen LogP contribution < -0.4 is 21.6 Å². The van der Waals surface area contributed by atoms with Gasteiger partial charge >= 0.3 is 5.97 Å². The van der Waals surface area contributed by atoms with Crippen LogP contribution in [0, 0.1) is 18.8 Å². The van der Waals surface area contributed by atoms with Gasteiger partial charge in [-0.2, -0.15) is 0 Å². The molecular formula is C42H40N6O7. The van der Waals surface area contributed by atoms with Crippen LogP contribution in [0.2, 0.25) is 0 Å². The van der Waals surface area contributed by atoms with Crippen molar-refractivity contribution >= 4 is 34.8 Å². The Labute approximate surface area is 316 Å². The van der Waals surface area contributed by atoms with Gasteiger partial charge in [0.1, 0.15) is 51.6 Å². The molecule has 1 aliphatic carbocycles. The van der Waals surface area contributed by atoms with E-state index in [0.717, 1.165) is 29.1 Å². The first-order valence-corrected chi connectivity index (χ1v) is 18.7. The van der Waals surface area contributed by atoms with Crippen molar-refractivity contribution in [2.45, 2.75) is 75.9 Å². The topological polar surface area (TPSA) is 192 Å². The highest BCUT2D eigenvalue weighted by molar-refractivity contribution is 5.88. The molecule has 5 N–H and O–H groups in total. The Balaban J connectivity index is 0.891. The van der Waals surface area contributed by atoms with E-state index in [0.29, 0.717) is 60.2 Å². The number of pyridine rings is 2. The Bertz CT molecular complexity index is 2540. The summed E-state index contributed by atoms with van der Waals surface area (Å²) in [5, 5.41) is 11.7. The number of phenolic OH excluding ortho intramolecular Hbond substituents is 1. The number of hydrogen-bond donors (Lipinski definition) is 3. The Hall–Kier alpha value is -5.95. The van der Waals surface area contributed by atoms with Gasteiger partial charge in [0.25, 0.3) is 0 Å². The monoisotopic (exact) mass is 740 g/mol.